The molecule has 1 unspecified atom stereocenters. The SMILES string of the molecule is CC.CC.CN/C=C\C=C(/C)c1cc(C(F)(F)F)n(-c2ccc(NC(=O)c3cccc(N4CCCC(C)C4)c3)nn2)n1. The Balaban J connectivity index is 0.00000148. The van der Waals surface area contributed by atoms with E-state index in [0.29, 0.717) is 21.7 Å². The Labute approximate surface area is 246 Å². The second kappa shape index (κ2) is 16.3. The van der Waals surface area contributed by atoms with E-state index in [2.05, 4.69) is 37.8 Å². The molecular weight excluding hydrogens is 543 g/mol. The summed E-state index contributed by atoms with van der Waals surface area (Å²) in [7, 11) is 1.72. The van der Waals surface area contributed by atoms with E-state index in [0.717, 1.165) is 31.3 Å². The normalized spacial score (nSPS) is 15.3. The third kappa shape index (κ3) is 9.19. The number of nitrogens with one attached hydrogen (secondary N) is 2. The van der Waals surface area contributed by atoms with Crippen molar-refractivity contribution in [3.8, 4) is 5.82 Å². The van der Waals surface area contributed by atoms with Crippen molar-refractivity contribution in [2.75, 3.05) is 30.4 Å². The van der Waals surface area contributed by atoms with Crippen molar-refractivity contribution < 1.29 is 18.0 Å². The van der Waals surface area contributed by atoms with Crippen LogP contribution in [0.2, 0.25) is 0 Å². The topological polar surface area (TPSA) is 88.0 Å². The third-order valence-electron chi connectivity index (χ3n) is 6.25. The van der Waals surface area contributed by atoms with Crippen molar-refractivity contribution >= 4 is 23.0 Å². The van der Waals surface area contributed by atoms with Crippen LogP contribution < -0.4 is 15.5 Å². The highest BCUT2D eigenvalue weighted by Crippen LogP contribution is 2.32. The number of anilines is 2. The number of nitrogens with zero attached hydrogens (tertiary/aromatic N) is 5. The summed E-state index contributed by atoms with van der Waals surface area (Å²) in [6.45, 7) is 13.8. The van der Waals surface area contributed by atoms with Gasteiger partial charge in [0.1, 0.15) is 0 Å². The first-order valence-electron chi connectivity index (χ1n) is 14.3. The van der Waals surface area contributed by atoms with Crippen molar-refractivity contribution in [2.45, 2.75) is 60.6 Å². The van der Waals surface area contributed by atoms with E-state index in [4.69, 9.17) is 0 Å². The Hall–Kier alpha value is -4.15. The van der Waals surface area contributed by atoms with Crippen LogP contribution in [0.3, 0.4) is 0 Å². The van der Waals surface area contributed by atoms with Crippen LogP contribution in [0.25, 0.3) is 11.4 Å². The van der Waals surface area contributed by atoms with E-state index in [9.17, 15) is 18.0 Å². The van der Waals surface area contributed by atoms with Crippen molar-refractivity contribution in [1.82, 2.24) is 25.3 Å². The Morgan fingerprint density at radius 2 is 1.81 bits per heavy atom. The van der Waals surface area contributed by atoms with E-state index >= 15 is 0 Å². The Morgan fingerprint density at radius 3 is 2.43 bits per heavy atom. The van der Waals surface area contributed by atoms with Crippen LogP contribution in [0.4, 0.5) is 24.7 Å². The largest absolute Gasteiger partial charge is 0.433 e. The van der Waals surface area contributed by atoms with E-state index in [1.54, 1.807) is 38.4 Å². The van der Waals surface area contributed by atoms with Gasteiger partial charge in [-0.3, -0.25) is 4.79 Å². The summed E-state index contributed by atoms with van der Waals surface area (Å²) in [5.74, 6) is 0.201. The Bertz CT molecular complexity index is 1330. The fourth-order valence-corrected chi connectivity index (χ4v) is 4.29. The molecule has 1 aliphatic rings. The number of allylic oxidation sites excluding steroid dienone is 3. The van der Waals surface area contributed by atoms with Gasteiger partial charge in [-0.05, 0) is 79.9 Å². The number of aromatic nitrogens is 4. The highest BCUT2D eigenvalue weighted by atomic mass is 19.4. The molecule has 1 atom stereocenters. The summed E-state index contributed by atoms with van der Waals surface area (Å²) in [5.41, 5.74) is 1.15. The Kier molecular flexibility index (Phi) is 13.2. The maximum atomic E-state index is 13.7. The lowest BCUT2D eigenvalue weighted by molar-refractivity contribution is -0.142. The predicted octanol–water partition coefficient (Wildman–Crippen LogP) is 7.36. The molecule has 0 bridgehead atoms. The molecule has 1 saturated heterocycles. The summed E-state index contributed by atoms with van der Waals surface area (Å²) < 4.78 is 41.9. The van der Waals surface area contributed by atoms with Crippen LogP contribution in [-0.2, 0) is 6.18 Å². The van der Waals surface area contributed by atoms with E-state index in [-0.39, 0.29) is 23.2 Å². The summed E-state index contributed by atoms with van der Waals surface area (Å²) in [5, 5.41) is 17.4. The van der Waals surface area contributed by atoms with Gasteiger partial charge >= 0.3 is 6.18 Å². The molecule has 0 spiro atoms. The second-order valence-electron chi connectivity index (χ2n) is 9.30. The van der Waals surface area contributed by atoms with Gasteiger partial charge in [0.15, 0.2) is 17.3 Å². The van der Waals surface area contributed by atoms with Crippen LogP contribution in [0, 0.1) is 5.92 Å². The Morgan fingerprint density at radius 1 is 1.07 bits per heavy atom. The third-order valence-corrected chi connectivity index (χ3v) is 6.25. The predicted molar refractivity (Wildman–Crippen MR) is 164 cm³/mol. The maximum absolute atomic E-state index is 13.7. The standard InChI is InChI=1S/C27H30F3N7O.2C2H6/c1-18-7-6-14-36(17-18)21-10-4-9-20(15-21)26(38)32-24-11-12-25(34-33-24)37-23(27(28,29)30)16-22(35-37)19(2)8-5-13-31-3;2*1-2/h4-5,8-13,15-16,18,31H,6-7,14,17H2,1-3H3,(H,32,33,38);2*1-2H3/b13-5-,19-8+;;. The van der Waals surface area contributed by atoms with Gasteiger partial charge in [-0.2, -0.15) is 18.3 Å². The van der Waals surface area contributed by atoms with Gasteiger partial charge in [-0.15, -0.1) is 10.2 Å². The number of halogens is 3. The molecule has 1 fully saturated rings. The molecule has 228 valence electrons. The van der Waals surface area contributed by atoms with E-state index in [1.165, 1.54) is 18.6 Å². The zero-order valence-electron chi connectivity index (χ0n) is 25.5. The van der Waals surface area contributed by atoms with E-state index < -0.39 is 11.9 Å². The van der Waals surface area contributed by atoms with Gasteiger partial charge < -0.3 is 15.5 Å². The summed E-state index contributed by atoms with van der Waals surface area (Å²) in [6, 6.07) is 11.0. The molecule has 3 aromatic rings. The number of benzene rings is 1. The number of hydrogen-bond donors (Lipinski definition) is 2. The van der Waals surface area contributed by atoms with Gasteiger partial charge in [0, 0.05) is 31.4 Å². The molecule has 1 aromatic carbocycles. The maximum Gasteiger partial charge on any atom is 0.433 e. The van der Waals surface area contributed by atoms with Crippen molar-refractivity contribution in [2.24, 2.45) is 5.92 Å². The molecule has 2 aromatic heterocycles. The van der Waals surface area contributed by atoms with Crippen LogP contribution in [0.15, 0.2) is 60.8 Å². The zero-order chi connectivity index (χ0) is 31.3. The molecule has 4 rings (SSSR count). The minimum Gasteiger partial charge on any atom is -0.394 e. The first kappa shape index (κ1) is 34.1. The molecule has 0 aliphatic carbocycles. The van der Waals surface area contributed by atoms with Crippen molar-refractivity contribution in [3.63, 3.8) is 0 Å². The number of amides is 1. The molecule has 8 nitrogen and oxygen atoms in total. The highest BCUT2D eigenvalue weighted by molar-refractivity contribution is 6.04. The summed E-state index contributed by atoms with van der Waals surface area (Å²) in [6.07, 6.45) is 2.61. The van der Waals surface area contributed by atoms with Gasteiger partial charge in [-0.1, -0.05) is 46.8 Å². The first-order valence-corrected chi connectivity index (χ1v) is 14.3. The highest BCUT2D eigenvalue weighted by Gasteiger charge is 2.37. The lowest BCUT2D eigenvalue weighted by Crippen LogP contribution is -2.34. The number of hydrogen-bond acceptors (Lipinski definition) is 6. The molecule has 42 heavy (non-hydrogen) atoms. The molecule has 3 heterocycles. The van der Waals surface area contributed by atoms with Gasteiger partial charge in [0.25, 0.3) is 5.91 Å². The number of alkyl halides is 3. The van der Waals surface area contributed by atoms with Gasteiger partial charge in [0.05, 0.1) is 5.69 Å². The molecule has 1 amide bonds. The zero-order valence-corrected chi connectivity index (χ0v) is 25.5. The van der Waals surface area contributed by atoms with Crippen LogP contribution in [0.1, 0.15) is 76.1 Å². The fraction of sp³-hybridized carbons (Fsp3) is 0.419. The first-order chi connectivity index (χ1) is 20.2. The average Bonchev–Trinajstić information content (AvgIpc) is 3.47. The lowest BCUT2D eigenvalue weighted by atomic mass is 9.99. The van der Waals surface area contributed by atoms with Gasteiger partial charge in [0.2, 0.25) is 0 Å². The number of carbonyl (C=O) groups is 1. The van der Waals surface area contributed by atoms with Crippen LogP contribution in [0.5, 0.6) is 0 Å². The van der Waals surface area contributed by atoms with Gasteiger partial charge in [-0.25, -0.2) is 4.68 Å². The number of carbonyl (C=O) groups excluding carboxylic acids is 1. The molecule has 0 radical (unpaired) electrons. The molecule has 2 N–H and O–H groups in total. The summed E-state index contributed by atoms with van der Waals surface area (Å²) >= 11 is 0. The smallest absolute Gasteiger partial charge is 0.394 e. The summed E-state index contributed by atoms with van der Waals surface area (Å²) in [4.78, 5) is 15.1. The number of piperidine rings is 1. The second-order valence-corrected chi connectivity index (χ2v) is 9.30. The van der Waals surface area contributed by atoms with Crippen LogP contribution in [-0.4, -0.2) is 46.0 Å². The fourth-order valence-electron chi connectivity index (χ4n) is 4.29. The minimum absolute atomic E-state index is 0.116. The molecule has 11 heteroatoms. The number of rotatable bonds is 7. The van der Waals surface area contributed by atoms with E-state index in [1.807, 2.05) is 45.9 Å². The van der Waals surface area contributed by atoms with Crippen molar-refractivity contribution in [3.05, 3.63) is 77.8 Å². The van der Waals surface area contributed by atoms with Crippen molar-refractivity contribution in [1.29, 1.82) is 0 Å². The average molecular weight is 586 g/mol. The molecule has 0 saturated carbocycles. The molecular formula is C31H42F3N7O. The lowest BCUT2D eigenvalue weighted by Gasteiger charge is -2.33. The quantitative estimate of drug-likeness (QED) is 0.282. The monoisotopic (exact) mass is 585 g/mol. The van der Waals surface area contributed by atoms with Crippen LogP contribution >= 0.6 is 0 Å². The minimum atomic E-state index is -4.65. The molecule has 1 aliphatic heterocycles.